The Morgan fingerprint density at radius 2 is 1.06 bits per heavy atom. The molecule has 0 aromatic rings. The summed E-state index contributed by atoms with van der Waals surface area (Å²) in [5.41, 5.74) is -0.0562. The Labute approximate surface area is 109 Å². The van der Waals surface area contributed by atoms with Crippen LogP contribution < -0.4 is 10.6 Å². The molecule has 6 heteroatoms. The molecule has 6 nitrogen and oxygen atoms in total. The number of hydrogen-bond donors (Lipinski definition) is 2. The highest BCUT2D eigenvalue weighted by Crippen LogP contribution is 2.11. The topological polar surface area (TPSA) is 82.9 Å². The normalized spacial score (nSPS) is 12.6. The lowest BCUT2D eigenvalue weighted by Crippen LogP contribution is -2.31. The van der Waals surface area contributed by atoms with Crippen molar-refractivity contribution in [1.82, 2.24) is 10.6 Å². The van der Waals surface area contributed by atoms with Gasteiger partial charge in [0, 0.05) is 13.1 Å². The second-order valence-electron chi connectivity index (χ2n) is 6.64. The maximum absolute atomic E-state index is 11.2. The molecular formula is C12H24N4O2. The minimum atomic E-state index is -0.601. The number of azo groups is 1. The molecule has 0 heterocycles. The fourth-order valence-corrected chi connectivity index (χ4v) is 0.843. The van der Waals surface area contributed by atoms with Crippen molar-refractivity contribution < 1.29 is 9.59 Å². The molecule has 0 spiro atoms. The van der Waals surface area contributed by atoms with Crippen molar-refractivity contribution in [3.63, 3.8) is 0 Å². The molecule has 0 aromatic carbocycles. The van der Waals surface area contributed by atoms with Gasteiger partial charge in [-0.2, -0.15) is 0 Å². The smallest absolute Gasteiger partial charge is 0.334 e. The van der Waals surface area contributed by atoms with Crippen LogP contribution in [0, 0.1) is 10.8 Å². The third-order valence-electron chi connectivity index (χ3n) is 1.77. The van der Waals surface area contributed by atoms with Crippen LogP contribution in [0.3, 0.4) is 0 Å². The highest BCUT2D eigenvalue weighted by atomic mass is 16.2. The Kier molecular flexibility index (Phi) is 5.94. The number of nitrogens with one attached hydrogen (secondary N) is 2. The van der Waals surface area contributed by atoms with E-state index in [-0.39, 0.29) is 10.8 Å². The molecule has 104 valence electrons. The quantitative estimate of drug-likeness (QED) is 0.744. The minimum absolute atomic E-state index is 0.0281. The van der Waals surface area contributed by atoms with Gasteiger partial charge in [-0.1, -0.05) is 51.8 Å². The number of carbonyl (C=O) groups excluding carboxylic acids is 2. The molecule has 0 aliphatic rings. The third-order valence-corrected chi connectivity index (χ3v) is 1.77. The maximum Gasteiger partial charge on any atom is 0.359 e. The van der Waals surface area contributed by atoms with Gasteiger partial charge < -0.3 is 10.6 Å². The van der Waals surface area contributed by atoms with E-state index in [1.807, 2.05) is 41.5 Å². The summed E-state index contributed by atoms with van der Waals surface area (Å²) in [7, 11) is 0. The first-order valence-electron chi connectivity index (χ1n) is 5.97. The van der Waals surface area contributed by atoms with E-state index in [0.717, 1.165) is 0 Å². The van der Waals surface area contributed by atoms with Gasteiger partial charge in [-0.15, -0.1) is 0 Å². The van der Waals surface area contributed by atoms with E-state index >= 15 is 0 Å². The number of nitrogens with zero attached hydrogens (tertiary/aromatic N) is 2. The molecule has 0 atom stereocenters. The molecule has 0 radical (unpaired) electrons. The lowest BCUT2D eigenvalue weighted by molar-refractivity contribution is 0.236. The lowest BCUT2D eigenvalue weighted by atomic mass is 9.97. The zero-order chi connectivity index (χ0) is 14.4. The number of amides is 4. The molecule has 18 heavy (non-hydrogen) atoms. The highest BCUT2D eigenvalue weighted by Gasteiger charge is 2.13. The molecule has 2 N–H and O–H groups in total. The van der Waals surface area contributed by atoms with Gasteiger partial charge in [0.2, 0.25) is 0 Å². The van der Waals surface area contributed by atoms with Gasteiger partial charge in [0.05, 0.1) is 0 Å². The molecule has 0 aromatic heterocycles. The summed E-state index contributed by atoms with van der Waals surface area (Å²) < 4.78 is 0. The van der Waals surface area contributed by atoms with Crippen LogP contribution in [0.4, 0.5) is 9.59 Å². The van der Waals surface area contributed by atoms with Crippen molar-refractivity contribution >= 4 is 12.1 Å². The van der Waals surface area contributed by atoms with Crippen LogP contribution in [0.25, 0.3) is 0 Å². The Morgan fingerprint density at radius 3 is 1.28 bits per heavy atom. The molecule has 0 rings (SSSR count). The summed E-state index contributed by atoms with van der Waals surface area (Å²) >= 11 is 0. The summed E-state index contributed by atoms with van der Waals surface area (Å²) in [6.07, 6.45) is 0. The molecule has 0 bridgehead atoms. The van der Waals surface area contributed by atoms with E-state index in [0.29, 0.717) is 13.1 Å². The van der Waals surface area contributed by atoms with Gasteiger partial charge in [-0.25, -0.2) is 9.59 Å². The van der Waals surface area contributed by atoms with Crippen molar-refractivity contribution in [3.8, 4) is 0 Å². The first kappa shape index (κ1) is 16.5. The van der Waals surface area contributed by atoms with Gasteiger partial charge in [-0.3, -0.25) is 0 Å². The van der Waals surface area contributed by atoms with E-state index in [1.54, 1.807) is 0 Å². The number of urea groups is 2. The summed E-state index contributed by atoms with van der Waals surface area (Å²) in [4.78, 5) is 22.5. The van der Waals surface area contributed by atoms with Crippen LogP contribution in [0.5, 0.6) is 0 Å². The maximum atomic E-state index is 11.2. The molecule has 0 saturated carbocycles. The standard InChI is InChI=1S/C12H24N4O2/c1-11(2,3)7-13-9(17)15-16-10(18)14-8-12(4,5)6/h7-8H2,1-6H3,(H,13,17)(H,14,18). The van der Waals surface area contributed by atoms with Crippen LogP contribution in [0.2, 0.25) is 0 Å². The van der Waals surface area contributed by atoms with E-state index in [9.17, 15) is 9.59 Å². The monoisotopic (exact) mass is 256 g/mol. The second-order valence-corrected chi connectivity index (χ2v) is 6.64. The molecule has 0 saturated heterocycles. The average Bonchev–Trinajstić information content (AvgIpc) is 2.18. The van der Waals surface area contributed by atoms with Crippen LogP contribution >= 0.6 is 0 Å². The molecule has 0 unspecified atom stereocenters. The van der Waals surface area contributed by atoms with Gasteiger partial charge in [0.15, 0.2) is 0 Å². The van der Waals surface area contributed by atoms with Crippen molar-refractivity contribution in [2.75, 3.05) is 13.1 Å². The minimum Gasteiger partial charge on any atom is -0.334 e. The fraction of sp³-hybridized carbons (Fsp3) is 0.833. The van der Waals surface area contributed by atoms with Crippen LogP contribution in [-0.2, 0) is 0 Å². The van der Waals surface area contributed by atoms with E-state index in [2.05, 4.69) is 20.9 Å². The van der Waals surface area contributed by atoms with Crippen LogP contribution in [0.15, 0.2) is 10.2 Å². The van der Waals surface area contributed by atoms with Crippen molar-refractivity contribution in [2.45, 2.75) is 41.5 Å². The Bertz CT molecular complexity index is 292. The highest BCUT2D eigenvalue weighted by molar-refractivity contribution is 5.79. The Morgan fingerprint density at radius 1 is 0.778 bits per heavy atom. The Hall–Kier alpha value is -1.46. The lowest BCUT2D eigenvalue weighted by Gasteiger charge is -2.17. The predicted octanol–water partition coefficient (Wildman–Crippen LogP) is 2.95. The van der Waals surface area contributed by atoms with Gasteiger partial charge in [0.1, 0.15) is 0 Å². The molecule has 4 amide bonds. The van der Waals surface area contributed by atoms with Gasteiger partial charge >= 0.3 is 12.1 Å². The number of hydrogen-bond acceptors (Lipinski definition) is 2. The average molecular weight is 256 g/mol. The zero-order valence-electron chi connectivity index (χ0n) is 12.1. The summed E-state index contributed by atoms with van der Waals surface area (Å²) in [5, 5.41) is 11.7. The zero-order valence-corrected chi connectivity index (χ0v) is 12.1. The summed E-state index contributed by atoms with van der Waals surface area (Å²) in [5.74, 6) is 0. The van der Waals surface area contributed by atoms with Gasteiger partial charge in [-0.05, 0) is 10.8 Å². The second kappa shape index (κ2) is 6.47. The summed E-state index contributed by atoms with van der Waals surface area (Å²) in [6, 6.07) is -1.20. The predicted molar refractivity (Wildman–Crippen MR) is 70.6 cm³/mol. The Balaban J connectivity index is 4.00. The van der Waals surface area contributed by atoms with Gasteiger partial charge in [0.25, 0.3) is 0 Å². The van der Waals surface area contributed by atoms with E-state index in [1.165, 1.54) is 0 Å². The number of rotatable bonds is 2. The first-order valence-corrected chi connectivity index (χ1v) is 5.97. The summed E-state index contributed by atoms with van der Waals surface area (Å²) in [6.45, 7) is 12.9. The van der Waals surface area contributed by atoms with Crippen molar-refractivity contribution in [3.05, 3.63) is 0 Å². The first-order chi connectivity index (χ1) is 7.99. The molecule has 0 fully saturated rings. The molecular weight excluding hydrogens is 232 g/mol. The van der Waals surface area contributed by atoms with Crippen LogP contribution in [-0.4, -0.2) is 25.2 Å². The SMILES string of the molecule is CC(C)(C)CNC(=O)N=NC(=O)NCC(C)(C)C. The largest absolute Gasteiger partial charge is 0.359 e. The number of carbonyl (C=O) groups is 2. The third kappa shape index (κ3) is 11.0. The fourth-order valence-electron chi connectivity index (χ4n) is 0.843. The van der Waals surface area contributed by atoms with E-state index < -0.39 is 12.1 Å². The molecule has 0 aliphatic carbocycles. The van der Waals surface area contributed by atoms with Crippen LogP contribution in [0.1, 0.15) is 41.5 Å². The van der Waals surface area contributed by atoms with Crippen molar-refractivity contribution in [1.29, 1.82) is 0 Å². The van der Waals surface area contributed by atoms with Crippen molar-refractivity contribution in [2.24, 2.45) is 21.1 Å². The van der Waals surface area contributed by atoms with E-state index in [4.69, 9.17) is 0 Å². The molecule has 0 aliphatic heterocycles.